The summed E-state index contributed by atoms with van der Waals surface area (Å²) in [4.78, 5) is 73.8. The fourth-order valence-corrected chi connectivity index (χ4v) is 5.95. The molecule has 17 nitrogen and oxygen atoms in total. The van der Waals surface area contributed by atoms with Gasteiger partial charge in [0.2, 0.25) is 0 Å². The highest BCUT2D eigenvalue weighted by Gasteiger charge is 2.56. The second kappa shape index (κ2) is 18.7. The molecule has 0 radical (unpaired) electrons. The lowest BCUT2D eigenvalue weighted by molar-refractivity contribution is -0.344. The number of hydrogen-bond acceptors (Lipinski definition) is 17. The maximum Gasteiger partial charge on any atom is 0.308 e. The average molecular weight is 765 g/mol. The lowest BCUT2D eigenvalue weighted by Gasteiger charge is -2.48. The molecule has 18 heteroatoms. The number of hydrogen-bond donors (Lipinski definition) is 1. The van der Waals surface area contributed by atoms with Gasteiger partial charge in [-0.3, -0.25) is 28.8 Å². The Balaban J connectivity index is 1.80. The number of rotatable bonds is 13. The normalized spacial score (nSPS) is 27.8. The number of aliphatic hydroxyl groups is 1. The fourth-order valence-electron chi connectivity index (χ4n) is 5.95. The minimum atomic E-state index is -1.81. The van der Waals surface area contributed by atoms with E-state index in [1.165, 1.54) is 30.3 Å². The molecule has 2 aromatic carbocycles. The van der Waals surface area contributed by atoms with E-state index in [2.05, 4.69) is 0 Å². The topological polar surface area (TPSA) is 215 Å². The Labute approximate surface area is 308 Å². The number of methoxy groups -OCH3 is 1. The van der Waals surface area contributed by atoms with Gasteiger partial charge in [-0.15, -0.1) is 0 Å². The number of esters is 6. The molecule has 54 heavy (non-hydrogen) atoms. The summed E-state index contributed by atoms with van der Waals surface area (Å²) in [6.07, 6.45) is -16.2. The van der Waals surface area contributed by atoms with Crippen LogP contribution in [0.5, 0.6) is 11.5 Å². The van der Waals surface area contributed by atoms with Gasteiger partial charge >= 0.3 is 35.8 Å². The number of halogens is 1. The number of carbonyl (C=O) groups is 6. The zero-order valence-electron chi connectivity index (χ0n) is 30.2. The Hall–Kier alpha value is -5.17. The Morgan fingerprint density at radius 1 is 0.685 bits per heavy atom. The number of carbonyl (C=O) groups excluding carboxylic acids is 6. The first-order valence-electron chi connectivity index (χ1n) is 16.6. The fraction of sp³-hybridized carbons (Fsp3) is 0.500. The maximum absolute atomic E-state index is 13.5. The first kappa shape index (κ1) is 41.6. The molecule has 2 heterocycles. The summed E-state index contributed by atoms with van der Waals surface area (Å²) in [5, 5.41) is 12.0. The van der Waals surface area contributed by atoms with Crippen molar-refractivity contribution in [3.05, 3.63) is 59.9 Å². The second-order valence-electron chi connectivity index (χ2n) is 12.2. The van der Waals surface area contributed by atoms with Crippen molar-refractivity contribution in [3.8, 4) is 11.5 Å². The first-order chi connectivity index (χ1) is 25.6. The average Bonchev–Trinajstić information content (AvgIpc) is 3.09. The largest absolute Gasteiger partial charge is 0.469 e. The van der Waals surface area contributed by atoms with Crippen molar-refractivity contribution < 1.29 is 85.6 Å². The van der Waals surface area contributed by atoms with E-state index in [1.807, 2.05) is 0 Å². The summed E-state index contributed by atoms with van der Waals surface area (Å²) in [5.41, 5.74) is 0.286. The standard InChI is InChI=1S/C36H41FO17/c1-17(38)46-16-27-32(48-19(3)40)34(49-20(4)41)35(50-21(5)42)36(53-27)54-33-29(44)30(52-26(15-28(43)45-6)31(33)47-18(2)39)22-8-7-9-25(14-22)51-24-12-10-23(37)11-13-24/h7-14,26-27,29-36,44H,15-16H2,1-6H3/t26-,27-,29-,30-,31-,32-,33-,34-,35-,36-/m1/s1. The van der Waals surface area contributed by atoms with Gasteiger partial charge in [-0.25, -0.2) is 4.39 Å². The summed E-state index contributed by atoms with van der Waals surface area (Å²) in [6.45, 7) is 4.72. The van der Waals surface area contributed by atoms with E-state index in [4.69, 9.17) is 47.4 Å². The first-order valence-corrected chi connectivity index (χ1v) is 16.6. The van der Waals surface area contributed by atoms with Crippen molar-refractivity contribution >= 4 is 35.8 Å². The van der Waals surface area contributed by atoms with Crippen LogP contribution in [-0.2, 0) is 71.4 Å². The van der Waals surface area contributed by atoms with Gasteiger partial charge in [0.05, 0.1) is 13.5 Å². The molecule has 0 unspecified atom stereocenters. The quantitative estimate of drug-likeness (QED) is 0.229. The summed E-state index contributed by atoms with van der Waals surface area (Å²) in [6, 6.07) is 11.4. The molecule has 294 valence electrons. The SMILES string of the molecule is COC(=O)C[C@H]1O[C@H](c2cccc(Oc3ccc(F)cc3)c2)[C@@H](O)[C@@H](O[C@H]2O[C@H](COC(C)=O)[C@@H](OC(C)=O)[C@@H](OC(C)=O)[C@H]2OC(C)=O)[C@@H]1OC(C)=O. The van der Waals surface area contributed by atoms with Crippen LogP contribution in [0.15, 0.2) is 48.5 Å². The molecular weight excluding hydrogens is 723 g/mol. The van der Waals surface area contributed by atoms with Crippen LogP contribution in [0.4, 0.5) is 4.39 Å². The van der Waals surface area contributed by atoms with Crippen LogP contribution in [0.2, 0.25) is 0 Å². The van der Waals surface area contributed by atoms with Crippen LogP contribution in [0.3, 0.4) is 0 Å². The lowest BCUT2D eigenvalue weighted by Crippen LogP contribution is -2.65. The Morgan fingerprint density at radius 2 is 1.26 bits per heavy atom. The van der Waals surface area contributed by atoms with Gasteiger partial charge in [0.1, 0.15) is 54.4 Å². The molecule has 0 amide bonds. The van der Waals surface area contributed by atoms with Crippen LogP contribution < -0.4 is 4.74 Å². The molecule has 0 saturated carbocycles. The molecular formula is C36H41FO17. The Bertz CT molecular complexity index is 1660. The van der Waals surface area contributed by atoms with Gasteiger partial charge in [-0.2, -0.15) is 0 Å². The van der Waals surface area contributed by atoms with Gasteiger partial charge in [0.25, 0.3) is 0 Å². The van der Waals surface area contributed by atoms with Gasteiger partial charge < -0.3 is 52.5 Å². The molecule has 0 spiro atoms. The number of aliphatic hydroxyl groups excluding tert-OH is 1. The summed E-state index contributed by atoms with van der Waals surface area (Å²) in [5.74, 6) is -5.01. The lowest BCUT2D eigenvalue weighted by atomic mass is 9.89. The van der Waals surface area contributed by atoms with E-state index in [1.54, 1.807) is 18.2 Å². The van der Waals surface area contributed by atoms with E-state index in [-0.39, 0.29) is 11.3 Å². The molecule has 0 bridgehead atoms. The van der Waals surface area contributed by atoms with E-state index >= 15 is 0 Å². The monoisotopic (exact) mass is 764 g/mol. The van der Waals surface area contributed by atoms with Gasteiger partial charge in [-0.1, -0.05) is 12.1 Å². The van der Waals surface area contributed by atoms with Gasteiger partial charge in [-0.05, 0) is 42.0 Å². The highest BCUT2D eigenvalue weighted by atomic mass is 19.1. The predicted molar refractivity (Wildman–Crippen MR) is 176 cm³/mol. The smallest absolute Gasteiger partial charge is 0.308 e. The molecule has 4 rings (SSSR count). The third-order valence-corrected chi connectivity index (χ3v) is 8.03. The van der Waals surface area contributed by atoms with Gasteiger partial charge in [0, 0.05) is 34.6 Å². The maximum atomic E-state index is 13.5. The highest BCUT2D eigenvalue weighted by Crippen LogP contribution is 2.40. The van der Waals surface area contributed by atoms with Crippen LogP contribution in [0, 0.1) is 5.82 Å². The third-order valence-electron chi connectivity index (χ3n) is 8.03. The minimum absolute atomic E-state index is 0.249. The van der Waals surface area contributed by atoms with E-state index < -0.39 is 116 Å². The molecule has 0 aromatic heterocycles. The van der Waals surface area contributed by atoms with Crippen LogP contribution in [0.25, 0.3) is 0 Å². The molecule has 2 aromatic rings. The van der Waals surface area contributed by atoms with E-state index in [0.29, 0.717) is 5.75 Å². The molecule has 2 saturated heterocycles. The zero-order valence-corrected chi connectivity index (χ0v) is 30.2. The van der Waals surface area contributed by atoms with Gasteiger partial charge in [0.15, 0.2) is 30.7 Å². The predicted octanol–water partition coefficient (Wildman–Crippen LogP) is 2.38. The Kier molecular flexibility index (Phi) is 14.4. The zero-order chi connectivity index (χ0) is 39.7. The third kappa shape index (κ3) is 11.2. The summed E-state index contributed by atoms with van der Waals surface area (Å²) < 4.78 is 69.8. The number of ether oxygens (including phenoxy) is 10. The highest BCUT2D eigenvalue weighted by molar-refractivity contribution is 5.71. The van der Waals surface area contributed by atoms with E-state index in [9.17, 15) is 38.3 Å². The molecule has 1 N–H and O–H groups in total. The van der Waals surface area contributed by atoms with Crippen LogP contribution in [-0.4, -0.2) is 110 Å². The molecule has 2 fully saturated rings. The summed E-state index contributed by atoms with van der Waals surface area (Å²) in [7, 11) is 1.13. The Morgan fingerprint density at radius 3 is 1.83 bits per heavy atom. The second-order valence-corrected chi connectivity index (χ2v) is 12.2. The molecule has 2 aliphatic heterocycles. The van der Waals surface area contributed by atoms with Crippen molar-refractivity contribution in [1.82, 2.24) is 0 Å². The number of benzene rings is 2. The van der Waals surface area contributed by atoms with Crippen molar-refractivity contribution in [2.45, 2.75) is 102 Å². The van der Waals surface area contributed by atoms with Crippen molar-refractivity contribution in [2.24, 2.45) is 0 Å². The van der Waals surface area contributed by atoms with Crippen molar-refractivity contribution in [2.75, 3.05) is 13.7 Å². The molecule has 0 aliphatic carbocycles. The molecule has 2 aliphatic rings. The van der Waals surface area contributed by atoms with Crippen molar-refractivity contribution in [1.29, 1.82) is 0 Å². The minimum Gasteiger partial charge on any atom is -0.469 e. The van der Waals surface area contributed by atoms with Crippen molar-refractivity contribution in [3.63, 3.8) is 0 Å². The summed E-state index contributed by atoms with van der Waals surface area (Å²) >= 11 is 0. The van der Waals surface area contributed by atoms with Crippen LogP contribution >= 0.6 is 0 Å². The molecule has 10 atom stereocenters. The van der Waals surface area contributed by atoms with E-state index in [0.717, 1.165) is 41.7 Å². The van der Waals surface area contributed by atoms with Crippen LogP contribution in [0.1, 0.15) is 52.7 Å².